The van der Waals surface area contributed by atoms with E-state index in [-0.39, 0.29) is 24.1 Å². The Morgan fingerprint density at radius 3 is 2.90 bits per heavy atom. The normalized spacial score (nSPS) is 23.8. The zero-order valence-electron chi connectivity index (χ0n) is 12.3. The molecule has 0 spiro atoms. The van der Waals surface area contributed by atoms with Crippen LogP contribution in [0.5, 0.6) is 0 Å². The molecule has 110 valence electrons. The molecule has 0 aromatic heterocycles. The molecule has 1 aliphatic rings. The highest BCUT2D eigenvalue weighted by Crippen LogP contribution is 2.21. The van der Waals surface area contributed by atoms with Crippen LogP contribution in [0.15, 0.2) is 24.3 Å². The Labute approximate surface area is 120 Å². The van der Waals surface area contributed by atoms with Gasteiger partial charge in [-0.05, 0) is 45.5 Å². The number of likely N-dealkylation sites (N-methyl/N-ethyl adjacent to an activating group) is 1. The number of hydrogen-bond acceptors (Lipinski definition) is 4. The maximum Gasteiger partial charge on any atom is 0.241 e. The van der Waals surface area contributed by atoms with E-state index in [1.807, 2.05) is 26.1 Å². The molecule has 1 aromatic carbocycles. The summed E-state index contributed by atoms with van der Waals surface area (Å²) in [5.41, 5.74) is 7.08. The van der Waals surface area contributed by atoms with Crippen molar-refractivity contribution >= 4 is 17.3 Å². The van der Waals surface area contributed by atoms with Crippen molar-refractivity contribution in [1.82, 2.24) is 4.90 Å². The van der Waals surface area contributed by atoms with Crippen molar-refractivity contribution in [3.05, 3.63) is 24.3 Å². The van der Waals surface area contributed by atoms with E-state index in [1.54, 1.807) is 12.1 Å². The number of amides is 1. The third kappa shape index (κ3) is 3.29. The molecular weight excluding hydrogens is 254 g/mol. The van der Waals surface area contributed by atoms with Crippen LogP contribution in [0.2, 0.25) is 0 Å². The number of carbonyl (C=O) groups is 1. The minimum atomic E-state index is -0.217. The number of nitrogen functional groups attached to an aromatic ring is 1. The lowest BCUT2D eigenvalue weighted by molar-refractivity contribution is -0.121. The molecular formula is C15H23N3O2. The van der Waals surface area contributed by atoms with Gasteiger partial charge in [-0.15, -0.1) is 0 Å². The standard InChI is InChI=1S/C15H23N3O2/c1-10(18(3)14-7-8-20-11(14)2)15(19)17-13-6-4-5-12(16)9-13/h4-6,9-11,14H,7-8,16H2,1-3H3,(H,17,19). The van der Waals surface area contributed by atoms with Gasteiger partial charge in [-0.1, -0.05) is 6.07 Å². The van der Waals surface area contributed by atoms with E-state index >= 15 is 0 Å². The van der Waals surface area contributed by atoms with Gasteiger partial charge in [0.25, 0.3) is 0 Å². The first-order valence-electron chi connectivity index (χ1n) is 6.99. The van der Waals surface area contributed by atoms with Gasteiger partial charge in [0.1, 0.15) is 0 Å². The Bertz CT molecular complexity index is 478. The monoisotopic (exact) mass is 277 g/mol. The maximum atomic E-state index is 12.3. The third-order valence-electron chi connectivity index (χ3n) is 4.00. The van der Waals surface area contributed by atoms with E-state index in [0.29, 0.717) is 5.69 Å². The van der Waals surface area contributed by atoms with Crippen molar-refractivity contribution in [2.45, 2.75) is 38.5 Å². The second kappa shape index (κ2) is 6.24. The van der Waals surface area contributed by atoms with Crippen LogP contribution >= 0.6 is 0 Å². The molecule has 1 aromatic rings. The van der Waals surface area contributed by atoms with Crippen LogP contribution in [0.3, 0.4) is 0 Å². The molecule has 2 rings (SSSR count). The van der Waals surface area contributed by atoms with Crippen LogP contribution < -0.4 is 11.1 Å². The fourth-order valence-corrected chi connectivity index (χ4v) is 2.59. The molecule has 0 saturated carbocycles. The Morgan fingerprint density at radius 1 is 1.55 bits per heavy atom. The molecule has 1 heterocycles. The maximum absolute atomic E-state index is 12.3. The molecule has 3 N–H and O–H groups in total. The fraction of sp³-hybridized carbons (Fsp3) is 0.533. The minimum absolute atomic E-state index is 0.0304. The van der Waals surface area contributed by atoms with Gasteiger partial charge >= 0.3 is 0 Å². The van der Waals surface area contributed by atoms with Crippen LogP contribution in [-0.2, 0) is 9.53 Å². The number of rotatable bonds is 4. The highest BCUT2D eigenvalue weighted by molar-refractivity contribution is 5.94. The van der Waals surface area contributed by atoms with Gasteiger partial charge in [0.2, 0.25) is 5.91 Å². The van der Waals surface area contributed by atoms with Gasteiger partial charge in [0, 0.05) is 24.0 Å². The quantitative estimate of drug-likeness (QED) is 0.822. The van der Waals surface area contributed by atoms with Crippen molar-refractivity contribution in [1.29, 1.82) is 0 Å². The summed E-state index contributed by atoms with van der Waals surface area (Å²) >= 11 is 0. The molecule has 1 aliphatic heterocycles. The Morgan fingerprint density at radius 2 is 2.30 bits per heavy atom. The molecule has 0 radical (unpaired) electrons. The van der Waals surface area contributed by atoms with Crippen LogP contribution in [0.4, 0.5) is 11.4 Å². The minimum Gasteiger partial charge on any atom is -0.399 e. The van der Waals surface area contributed by atoms with Gasteiger partial charge in [-0.25, -0.2) is 0 Å². The van der Waals surface area contributed by atoms with Crippen LogP contribution in [0, 0.1) is 0 Å². The van der Waals surface area contributed by atoms with E-state index in [2.05, 4.69) is 17.1 Å². The van der Waals surface area contributed by atoms with Crippen molar-refractivity contribution in [3.63, 3.8) is 0 Å². The smallest absolute Gasteiger partial charge is 0.241 e. The van der Waals surface area contributed by atoms with E-state index in [4.69, 9.17) is 10.5 Å². The van der Waals surface area contributed by atoms with Gasteiger partial charge in [0.15, 0.2) is 0 Å². The molecule has 5 nitrogen and oxygen atoms in total. The summed E-state index contributed by atoms with van der Waals surface area (Å²) in [7, 11) is 1.97. The van der Waals surface area contributed by atoms with Gasteiger partial charge < -0.3 is 15.8 Å². The molecule has 20 heavy (non-hydrogen) atoms. The zero-order valence-corrected chi connectivity index (χ0v) is 12.3. The average molecular weight is 277 g/mol. The average Bonchev–Trinajstić information content (AvgIpc) is 2.83. The summed E-state index contributed by atoms with van der Waals surface area (Å²) in [6.07, 6.45) is 1.13. The van der Waals surface area contributed by atoms with Gasteiger partial charge in [-0.2, -0.15) is 0 Å². The Kier molecular flexibility index (Phi) is 4.62. The number of nitrogens with zero attached hydrogens (tertiary/aromatic N) is 1. The van der Waals surface area contributed by atoms with Crippen LogP contribution in [0.1, 0.15) is 20.3 Å². The molecule has 1 saturated heterocycles. The molecule has 1 fully saturated rings. The lowest BCUT2D eigenvalue weighted by Gasteiger charge is -2.31. The second-order valence-corrected chi connectivity index (χ2v) is 5.39. The summed E-state index contributed by atoms with van der Waals surface area (Å²) in [4.78, 5) is 14.4. The number of nitrogens with one attached hydrogen (secondary N) is 1. The molecule has 0 bridgehead atoms. The summed E-state index contributed by atoms with van der Waals surface area (Å²) in [5.74, 6) is -0.0304. The first-order valence-corrected chi connectivity index (χ1v) is 6.99. The lowest BCUT2D eigenvalue weighted by atomic mass is 10.1. The second-order valence-electron chi connectivity index (χ2n) is 5.39. The topological polar surface area (TPSA) is 67.6 Å². The summed E-state index contributed by atoms with van der Waals surface area (Å²) in [6.45, 7) is 4.73. The van der Waals surface area contributed by atoms with Crippen molar-refractivity contribution in [2.24, 2.45) is 0 Å². The van der Waals surface area contributed by atoms with Crippen molar-refractivity contribution < 1.29 is 9.53 Å². The zero-order chi connectivity index (χ0) is 14.7. The van der Waals surface area contributed by atoms with E-state index in [0.717, 1.165) is 18.7 Å². The summed E-state index contributed by atoms with van der Waals surface area (Å²) in [5, 5.41) is 2.90. The molecule has 5 heteroatoms. The lowest BCUT2D eigenvalue weighted by Crippen LogP contribution is -2.47. The van der Waals surface area contributed by atoms with Crippen molar-refractivity contribution in [2.75, 3.05) is 24.7 Å². The van der Waals surface area contributed by atoms with E-state index < -0.39 is 0 Å². The largest absolute Gasteiger partial charge is 0.399 e. The SMILES string of the molecule is CC1OCCC1N(C)C(C)C(=O)Nc1cccc(N)c1. The van der Waals surface area contributed by atoms with Crippen molar-refractivity contribution in [3.8, 4) is 0 Å². The number of anilines is 2. The molecule has 3 unspecified atom stereocenters. The molecule has 3 atom stereocenters. The third-order valence-corrected chi connectivity index (χ3v) is 4.00. The number of ether oxygens (including phenoxy) is 1. The summed E-state index contributed by atoms with van der Waals surface area (Å²) < 4.78 is 5.56. The predicted molar refractivity (Wildman–Crippen MR) is 80.5 cm³/mol. The Hall–Kier alpha value is -1.59. The molecule has 0 aliphatic carbocycles. The van der Waals surface area contributed by atoms with E-state index in [1.165, 1.54) is 0 Å². The first-order chi connectivity index (χ1) is 9.49. The number of benzene rings is 1. The van der Waals surface area contributed by atoms with Crippen LogP contribution in [0.25, 0.3) is 0 Å². The fourth-order valence-electron chi connectivity index (χ4n) is 2.59. The van der Waals surface area contributed by atoms with Crippen LogP contribution in [-0.4, -0.2) is 42.6 Å². The molecule has 1 amide bonds. The summed E-state index contributed by atoms with van der Waals surface area (Å²) in [6, 6.07) is 7.28. The number of carbonyl (C=O) groups excluding carboxylic acids is 1. The highest BCUT2D eigenvalue weighted by atomic mass is 16.5. The van der Waals surface area contributed by atoms with E-state index in [9.17, 15) is 4.79 Å². The Balaban J connectivity index is 1.97. The highest BCUT2D eigenvalue weighted by Gasteiger charge is 2.32. The van der Waals surface area contributed by atoms with Gasteiger partial charge in [0.05, 0.1) is 12.1 Å². The number of nitrogens with two attached hydrogens (primary N) is 1. The van der Waals surface area contributed by atoms with Gasteiger partial charge in [-0.3, -0.25) is 9.69 Å². The predicted octanol–water partition coefficient (Wildman–Crippen LogP) is 1.70. The first kappa shape index (κ1) is 14.8. The number of hydrogen-bond donors (Lipinski definition) is 2.